The van der Waals surface area contributed by atoms with E-state index in [4.69, 9.17) is 4.74 Å². The van der Waals surface area contributed by atoms with Crippen LogP contribution in [-0.2, 0) is 0 Å². The molecule has 0 radical (unpaired) electrons. The molecule has 0 unspecified atom stereocenters. The molecule has 1 aliphatic rings. The van der Waals surface area contributed by atoms with Gasteiger partial charge < -0.3 is 15.2 Å². The molecule has 0 aliphatic heterocycles. The molecule has 21 heavy (non-hydrogen) atoms. The summed E-state index contributed by atoms with van der Waals surface area (Å²) in [6, 6.07) is 14.3. The van der Waals surface area contributed by atoms with Crippen molar-refractivity contribution in [2.75, 3.05) is 12.4 Å². The van der Waals surface area contributed by atoms with E-state index in [9.17, 15) is 5.11 Å². The van der Waals surface area contributed by atoms with Gasteiger partial charge in [-0.1, -0.05) is 12.1 Å². The minimum atomic E-state index is 0.320. The van der Waals surface area contributed by atoms with Crippen LogP contribution in [0.5, 0.6) is 11.5 Å². The zero-order chi connectivity index (χ0) is 14.8. The maximum Gasteiger partial charge on any atom is 0.119 e. The molecular formula is C18H21NO2. The quantitative estimate of drug-likeness (QED) is 0.831. The summed E-state index contributed by atoms with van der Waals surface area (Å²) in [5.74, 6) is 1.86. The van der Waals surface area contributed by atoms with Crippen molar-refractivity contribution in [3.05, 3.63) is 53.6 Å². The smallest absolute Gasteiger partial charge is 0.119 e. The number of anilines is 1. The van der Waals surface area contributed by atoms with Crippen molar-refractivity contribution in [1.29, 1.82) is 0 Å². The van der Waals surface area contributed by atoms with Gasteiger partial charge in [-0.25, -0.2) is 0 Å². The molecule has 0 atom stereocenters. The van der Waals surface area contributed by atoms with E-state index in [1.165, 1.54) is 5.56 Å². The van der Waals surface area contributed by atoms with Gasteiger partial charge in [-0.2, -0.15) is 0 Å². The van der Waals surface area contributed by atoms with E-state index in [-0.39, 0.29) is 0 Å². The molecule has 3 heteroatoms. The Morgan fingerprint density at radius 3 is 2.67 bits per heavy atom. The molecule has 0 amide bonds. The van der Waals surface area contributed by atoms with E-state index in [1.807, 2.05) is 19.1 Å². The fourth-order valence-corrected chi connectivity index (χ4v) is 2.93. The van der Waals surface area contributed by atoms with Crippen LogP contribution >= 0.6 is 0 Å². The van der Waals surface area contributed by atoms with Crippen LogP contribution in [0.25, 0.3) is 0 Å². The number of rotatable bonds is 4. The lowest BCUT2D eigenvalue weighted by Gasteiger charge is -2.37. The molecule has 0 spiro atoms. The van der Waals surface area contributed by atoms with Gasteiger partial charge in [0, 0.05) is 11.7 Å². The summed E-state index contributed by atoms with van der Waals surface area (Å²) in [7, 11) is 1.71. The molecule has 0 heterocycles. The van der Waals surface area contributed by atoms with Crippen LogP contribution in [0.2, 0.25) is 0 Å². The van der Waals surface area contributed by atoms with E-state index >= 15 is 0 Å². The van der Waals surface area contributed by atoms with Gasteiger partial charge in [0.15, 0.2) is 0 Å². The number of phenolic OH excluding ortho intramolecular Hbond substituents is 1. The number of methoxy groups -OCH3 is 1. The lowest BCUT2D eigenvalue weighted by molar-refractivity contribution is 0.370. The van der Waals surface area contributed by atoms with Crippen LogP contribution in [0, 0.1) is 6.92 Å². The molecule has 1 saturated carbocycles. The van der Waals surface area contributed by atoms with Crippen molar-refractivity contribution in [3.8, 4) is 11.5 Å². The highest BCUT2D eigenvalue weighted by Gasteiger charge is 2.30. The van der Waals surface area contributed by atoms with Crippen molar-refractivity contribution in [3.63, 3.8) is 0 Å². The van der Waals surface area contributed by atoms with Crippen molar-refractivity contribution < 1.29 is 9.84 Å². The van der Waals surface area contributed by atoms with Gasteiger partial charge in [0.1, 0.15) is 11.5 Å². The Balaban J connectivity index is 1.60. The molecule has 0 saturated heterocycles. The fraction of sp³-hybridized carbons (Fsp3) is 0.333. The minimum absolute atomic E-state index is 0.320. The van der Waals surface area contributed by atoms with Crippen LogP contribution in [0.3, 0.4) is 0 Å². The number of ether oxygens (including phenoxy) is 1. The van der Waals surface area contributed by atoms with Crippen LogP contribution in [0.1, 0.15) is 29.9 Å². The van der Waals surface area contributed by atoms with Gasteiger partial charge in [0.2, 0.25) is 0 Å². The van der Waals surface area contributed by atoms with Crippen LogP contribution in [-0.4, -0.2) is 18.3 Å². The van der Waals surface area contributed by atoms with Gasteiger partial charge in [-0.15, -0.1) is 0 Å². The number of phenols is 1. The SMILES string of the molecule is COc1cccc(C2CC(Nc3ccc(O)cc3C)C2)c1. The summed E-state index contributed by atoms with van der Waals surface area (Å²) in [4.78, 5) is 0. The fourth-order valence-electron chi connectivity index (χ4n) is 2.93. The number of benzene rings is 2. The van der Waals surface area contributed by atoms with E-state index in [0.717, 1.165) is 29.8 Å². The maximum atomic E-state index is 9.44. The number of nitrogens with one attached hydrogen (secondary N) is 1. The predicted molar refractivity (Wildman–Crippen MR) is 85.2 cm³/mol. The molecule has 0 aromatic heterocycles. The molecule has 2 aromatic rings. The second-order valence-corrected chi connectivity index (χ2v) is 5.79. The van der Waals surface area contributed by atoms with Gasteiger partial charge in [0.25, 0.3) is 0 Å². The monoisotopic (exact) mass is 283 g/mol. The topological polar surface area (TPSA) is 41.5 Å². The highest BCUT2D eigenvalue weighted by atomic mass is 16.5. The Bertz CT molecular complexity index is 633. The Morgan fingerprint density at radius 1 is 1.14 bits per heavy atom. The zero-order valence-corrected chi connectivity index (χ0v) is 12.5. The molecule has 1 fully saturated rings. The van der Waals surface area contributed by atoms with Gasteiger partial charge in [-0.3, -0.25) is 0 Å². The summed E-state index contributed by atoms with van der Waals surface area (Å²) in [6.45, 7) is 2.01. The standard InChI is InChI=1S/C18H21NO2/c1-12-8-16(20)6-7-18(12)19-15-9-14(10-15)13-4-3-5-17(11-13)21-2/h3-8,11,14-15,19-20H,9-10H2,1-2H3. The molecule has 110 valence electrons. The van der Waals surface area contributed by atoms with E-state index < -0.39 is 0 Å². The number of hydrogen-bond donors (Lipinski definition) is 2. The molecule has 0 bridgehead atoms. The van der Waals surface area contributed by atoms with Crippen molar-refractivity contribution in [1.82, 2.24) is 0 Å². The first-order valence-electron chi connectivity index (χ1n) is 7.36. The maximum absolute atomic E-state index is 9.44. The lowest BCUT2D eigenvalue weighted by atomic mass is 9.75. The summed E-state index contributed by atoms with van der Waals surface area (Å²) in [5, 5.41) is 13.0. The lowest BCUT2D eigenvalue weighted by Crippen LogP contribution is -2.34. The normalized spacial score (nSPS) is 20.7. The third-order valence-electron chi connectivity index (χ3n) is 4.27. The Hall–Kier alpha value is -2.16. The summed E-state index contributed by atoms with van der Waals surface area (Å²) < 4.78 is 5.28. The molecule has 2 aromatic carbocycles. The van der Waals surface area contributed by atoms with Crippen LogP contribution in [0.15, 0.2) is 42.5 Å². The molecular weight excluding hydrogens is 262 g/mol. The van der Waals surface area contributed by atoms with Crippen LogP contribution < -0.4 is 10.1 Å². The number of aromatic hydroxyl groups is 1. The third-order valence-corrected chi connectivity index (χ3v) is 4.27. The highest BCUT2D eigenvalue weighted by Crippen LogP contribution is 2.39. The average molecular weight is 283 g/mol. The first-order chi connectivity index (χ1) is 10.2. The van der Waals surface area contributed by atoms with Crippen LogP contribution in [0.4, 0.5) is 5.69 Å². The highest BCUT2D eigenvalue weighted by molar-refractivity contribution is 5.54. The Labute approximate surface area is 125 Å². The summed E-state index contributed by atoms with van der Waals surface area (Å²) >= 11 is 0. The second-order valence-electron chi connectivity index (χ2n) is 5.79. The zero-order valence-electron chi connectivity index (χ0n) is 12.5. The van der Waals surface area contributed by atoms with Crippen molar-refractivity contribution in [2.45, 2.75) is 31.7 Å². The first-order valence-corrected chi connectivity index (χ1v) is 7.36. The van der Waals surface area contributed by atoms with Gasteiger partial charge in [-0.05, 0) is 67.1 Å². The number of hydrogen-bond acceptors (Lipinski definition) is 3. The van der Waals surface area contributed by atoms with E-state index in [0.29, 0.717) is 17.7 Å². The summed E-state index contributed by atoms with van der Waals surface area (Å²) in [6.07, 6.45) is 2.26. The predicted octanol–water partition coefficient (Wildman–Crippen LogP) is 4.07. The molecule has 3 nitrogen and oxygen atoms in total. The molecule has 1 aliphatic carbocycles. The second kappa shape index (κ2) is 5.68. The third kappa shape index (κ3) is 2.97. The van der Waals surface area contributed by atoms with Crippen molar-refractivity contribution in [2.24, 2.45) is 0 Å². The van der Waals surface area contributed by atoms with E-state index in [2.05, 4.69) is 23.5 Å². The number of aryl methyl sites for hydroxylation is 1. The molecule has 3 rings (SSSR count). The van der Waals surface area contributed by atoms with E-state index in [1.54, 1.807) is 19.2 Å². The Morgan fingerprint density at radius 2 is 1.95 bits per heavy atom. The van der Waals surface area contributed by atoms with Gasteiger partial charge in [0.05, 0.1) is 7.11 Å². The van der Waals surface area contributed by atoms with Crippen molar-refractivity contribution >= 4 is 5.69 Å². The Kier molecular flexibility index (Phi) is 3.74. The summed E-state index contributed by atoms with van der Waals surface area (Å²) in [5.41, 5.74) is 3.55. The largest absolute Gasteiger partial charge is 0.508 e. The average Bonchev–Trinajstić information content (AvgIpc) is 2.44. The minimum Gasteiger partial charge on any atom is -0.508 e. The molecule has 2 N–H and O–H groups in total. The first kappa shape index (κ1) is 13.8. The van der Waals surface area contributed by atoms with Gasteiger partial charge >= 0.3 is 0 Å².